The van der Waals surface area contributed by atoms with Crippen LogP contribution in [0.15, 0.2) is 42.7 Å². The molecule has 8 rings (SSSR count). The van der Waals surface area contributed by atoms with Gasteiger partial charge in [0, 0.05) is 44.0 Å². The second kappa shape index (κ2) is 13.1. The van der Waals surface area contributed by atoms with Crippen LogP contribution in [0.2, 0.25) is 0 Å². The molecule has 3 aromatic heterocycles. The summed E-state index contributed by atoms with van der Waals surface area (Å²) < 4.78 is 54.4. The van der Waals surface area contributed by atoms with Crippen LogP contribution in [-0.4, -0.2) is 85.1 Å². The van der Waals surface area contributed by atoms with Crippen LogP contribution in [0.4, 0.5) is 19.0 Å². The van der Waals surface area contributed by atoms with E-state index in [4.69, 9.17) is 9.72 Å². The van der Waals surface area contributed by atoms with E-state index in [1.54, 1.807) is 18.3 Å². The zero-order chi connectivity index (χ0) is 35.4. The van der Waals surface area contributed by atoms with E-state index in [0.29, 0.717) is 66.4 Å². The molecule has 51 heavy (non-hydrogen) atoms. The van der Waals surface area contributed by atoms with Crippen LogP contribution in [0.25, 0.3) is 32.9 Å². The molecule has 0 spiro atoms. The minimum atomic E-state index is -0.951. The van der Waals surface area contributed by atoms with Crippen molar-refractivity contribution in [1.82, 2.24) is 29.6 Å². The van der Waals surface area contributed by atoms with Crippen molar-refractivity contribution >= 4 is 33.4 Å². The summed E-state index contributed by atoms with van der Waals surface area (Å²) in [5.41, 5.74) is 0.712. The van der Waals surface area contributed by atoms with Gasteiger partial charge in [0.05, 0.1) is 22.5 Å². The number of nitrogens with zero attached hydrogens (tertiary/aromatic N) is 7. The number of aromatic nitrogens is 5. The highest BCUT2D eigenvalue weighted by molar-refractivity contribution is 6.01. The molecule has 1 N–H and O–H groups in total. The van der Waals surface area contributed by atoms with E-state index in [2.05, 4.69) is 20.0 Å². The summed E-state index contributed by atoms with van der Waals surface area (Å²) in [6.07, 6.45) is 6.83. The number of aromatic hydroxyl groups is 1. The van der Waals surface area contributed by atoms with E-state index >= 15 is 8.78 Å². The van der Waals surface area contributed by atoms with Crippen LogP contribution in [-0.2, 0) is 6.42 Å². The average Bonchev–Trinajstić information content (AvgIpc) is 3.74. The second-order valence-corrected chi connectivity index (χ2v) is 14.2. The Hall–Kier alpha value is -4.78. The molecule has 6 heterocycles. The number of pyridine rings is 1. The SMILES string of the molecule is CCc1c(F)ccc2cc(O)cc(-c3ncc4c(N5CCCCC(C(=O)n6ccc(C)n6)C5)nc(OC[C@@]56CCCN5C[C@H](F)C6)nc4c3F)c12. The topological polar surface area (TPSA) is 110 Å². The molecular formula is C38H40F3N7O3. The summed E-state index contributed by atoms with van der Waals surface area (Å²) in [6.45, 7) is 5.79. The van der Waals surface area contributed by atoms with Crippen molar-refractivity contribution in [3.05, 3.63) is 65.6 Å². The molecule has 3 atom stereocenters. The van der Waals surface area contributed by atoms with E-state index in [0.717, 1.165) is 37.9 Å². The first-order valence-corrected chi connectivity index (χ1v) is 17.8. The number of aryl methyl sites for hydroxylation is 2. The number of phenolic OH excluding ortho intramolecular Hbond substituents is 1. The van der Waals surface area contributed by atoms with Crippen molar-refractivity contribution < 1.29 is 27.8 Å². The van der Waals surface area contributed by atoms with Crippen molar-refractivity contribution in [2.24, 2.45) is 5.92 Å². The molecule has 0 amide bonds. The van der Waals surface area contributed by atoms with Crippen molar-refractivity contribution in [2.75, 3.05) is 37.7 Å². The predicted molar refractivity (Wildman–Crippen MR) is 187 cm³/mol. The fraction of sp³-hybridized carbons (Fsp3) is 0.447. The highest BCUT2D eigenvalue weighted by Gasteiger charge is 2.49. The number of anilines is 1. The number of halogens is 3. The van der Waals surface area contributed by atoms with E-state index in [1.165, 1.54) is 29.1 Å². The number of phenols is 1. The lowest BCUT2D eigenvalue weighted by molar-refractivity contribution is 0.0815. The normalized spacial score (nSPS) is 22.5. The van der Waals surface area contributed by atoms with E-state index in [-0.39, 0.29) is 41.0 Å². The Labute approximate surface area is 293 Å². The Morgan fingerprint density at radius 2 is 1.96 bits per heavy atom. The Bertz CT molecular complexity index is 2160. The molecule has 13 heteroatoms. The molecule has 5 aromatic rings. The summed E-state index contributed by atoms with van der Waals surface area (Å²) in [6, 6.07) is 7.52. The number of alkyl halides is 1. The minimum Gasteiger partial charge on any atom is -0.508 e. The molecule has 0 saturated carbocycles. The maximum absolute atomic E-state index is 17.1. The fourth-order valence-electron chi connectivity index (χ4n) is 8.46. The maximum atomic E-state index is 17.1. The number of benzene rings is 2. The molecule has 0 aliphatic carbocycles. The zero-order valence-corrected chi connectivity index (χ0v) is 28.7. The number of hydrogen-bond acceptors (Lipinski definition) is 9. The molecule has 0 bridgehead atoms. The molecular weight excluding hydrogens is 659 g/mol. The molecule has 3 saturated heterocycles. The minimum absolute atomic E-state index is 0.0589. The Balaban J connectivity index is 1.25. The van der Waals surface area contributed by atoms with Crippen LogP contribution < -0.4 is 9.64 Å². The molecule has 3 fully saturated rings. The second-order valence-electron chi connectivity index (χ2n) is 14.2. The van der Waals surface area contributed by atoms with Crippen LogP contribution in [0.3, 0.4) is 0 Å². The highest BCUT2D eigenvalue weighted by Crippen LogP contribution is 2.42. The van der Waals surface area contributed by atoms with Crippen LogP contribution in [0.5, 0.6) is 11.8 Å². The Kier molecular flexibility index (Phi) is 8.56. The number of hydrogen-bond donors (Lipinski definition) is 1. The summed E-state index contributed by atoms with van der Waals surface area (Å²) in [4.78, 5) is 31.7. The number of fused-ring (bicyclic) bond motifs is 3. The first kappa shape index (κ1) is 33.4. The zero-order valence-electron chi connectivity index (χ0n) is 28.7. The van der Waals surface area contributed by atoms with Gasteiger partial charge in [-0.05, 0) is 86.2 Å². The largest absolute Gasteiger partial charge is 0.508 e. The first-order chi connectivity index (χ1) is 24.6. The number of ether oxygens (including phenoxy) is 1. The van der Waals surface area contributed by atoms with Gasteiger partial charge in [-0.15, -0.1) is 0 Å². The number of carbonyl (C=O) groups excluding carboxylic acids is 1. The monoisotopic (exact) mass is 699 g/mol. The van der Waals surface area contributed by atoms with Crippen LogP contribution in [0.1, 0.15) is 61.5 Å². The smallest absolute Gasteiger partial charge is 0.319 e. The standard InChI is InChI=1S/C38H40F3N7O3/c1-3-27-30(40)9-8-23-15-26(49)16-28(31(23)27)33-32(41)34-29(18-42-33)35(44-37(43-34)51-21-38-11-6-13-47(38)20-25(39)17-38)46-12-5-4-7-24(19-46)36(50)48-14-10-22(2)45-48/h8-10,14-16,18,24-25,49H,3-7,11-13,17,19-21H2,1-2H3/t24?,25-,38+/m1/s1. The predicted octanol–water partition coefficient (Wildman–Crippen LogP) is 6.80. The van der Waals surface area contributed by atoms with Gasteiger partial charge in [0.25, 0.3) is 5.91 Å². The van der Waals surface area contributed by atoms with Crippen molar-refractivity contribution in [3.63, 3.8) is 0 Å². The van der Waals surface area contributed by atoms with Crippen LogP contribution in [0, 0.1) is 24.5 Å². The lowest BCUT2D eigenvalue weighted by Crippen LogP contribution is -2.43. The molecule has 0 radical (unpaired) electrons. The molecule has 10 nitrogen and oxygen atoms in total. The van der Waals surface area contributed by atoms with Crippen molar-refractivity contribution in [2.45, 2.75) is 70.5 Å². The van der Waals surface area contributed by atoms with Gasteiger partial charge >= 0.3 is 6.01 Å². The van der Waals surface area contributed by atoms with Gasteiger partial charge < -0.3 is 14.7 Å². The van der Waals surface area contributed by atoms with E-state index in [9.17, 15) is 14.3 Å². The Morgan fingerprint density at radius 3 is 2.76 bits per heavy atom. The molecule has 1 unspecified atom stereocenters. The Morgan fingerprint density at radius 1 is 1.10 bits per heavy atom. The lowest BCUT2D eigenvalue weighted by atomic mass is 9.94. The van der Waals surface area contributed by atoms with Crippen molar-refractivity contribution in [1.29, 1.82) is 0 Å². The van der Waals surface area contributed by atoms with Gasteiger partial charge in [0.15, 0.2) is 5.82 Å². The maximum Gasteiger partial charge on any atom is 0.319 e. The third-order valence-corrected chi connectivity index (χ3v) is 10.9. The highest BCUT2D eigenvalue weighted by atomic mass is 19.1. The van der Waals surface area contributed by atoms with E-state index < -0.39 is 29.3 Å². The fourth-order valence-corrected chi connectivity index (χ4v) is 8.46. The van der Waals surface area contributed by atoms with Gasteiger partial charge in [0.2, 0.25) is 0 Å². The number of carbonyl (C=O) groups is 1. The van der Waals surface area contributed by atoms with Gasteiger partial charge in [0.1, 0.15) is 41.4 Å². The van der Waals surface area contributed by atoms with Gasteiger partial charge in [-0.25, -0.2) is 17.9 Å². The summed E-state index contributed by atoms with van der Waals surface area (Å²) in [5.74, 6) is -1.48. The number of rotatable bonds is 7. The van der Waals surface area contributed by atoms with Gasteiger partial charge in [-0.2, -0.15) is 15.1 Å². The van der Waals surface area contributed by atoms with Crippen molar-refractivity contribution in [3.8, 4) is 23.0 Å². The molecule has 3 aliphatic rings. The molecule has 266 valence electrons. The summed E-state index contributed by atoms with van der Waals surface area (Å²) >= 11 is 0. The van der Waals surface area contributed by atoms with Gasteiger partial charge in [-0.3, -0.25) is 14.7 Å². The first-order valence-electron chi connectivity index (χ1n) is 17.8. The summed E-state index contributed by atoms with van der Waals surface area (Å²) in [5, 5.41) is 16.3. The van der Waals surface area contributed by atoms with E-state index in [1.807, 2.05) is 18.7 Å². The molecule has 3 aliphatic heterocycles. The van der Waals surface area contributed by atoms with Gasteiger partial charge in [-0.1, -0.05) is 19.4 Å². The lowest BCUT2D eigenvalue weighted by Gasteiger charge is -2.31. The summed E-state index contributed by atoms with van der Waals surface area (Å²) in [7, 11) is 0. The average molecular weight is 700 g/mol. The third kappa shape index (κ3) is 5.94. The molecule has 2 aromatic carbocycles. The quantitative estimate of drug-likeness (QED) is 0.196. The van der Waals surface area contributed by atoms with Crippen LogP contribution >= 0.6 is 0 Å². The third-order valence-electron chi connectivity index (χ3n) is 10.9.